The van der Waals surface area contributed by atoms with Gasteiger partial charge in [0.05, 0.1) is 35.8 Å². The van der Waals surface area contributed by atoms with Gasteiger partial charge in [0.1, 0.15) is 23.3 Å². The molecule has 2 heterocycles. The van der Waals surface area contributed by atoms with Crippen molar-refractivity contribution >= 4 is 29.8 Å². The molecule has 0 amide bonds. The Kier molecular flexibility index (Phi) is 20.9. The van der Waals surface area contributed by atoms with Crippen molar-refractivity contribution in [2.75, 3.05) is 51.8 Å². The third kappa shape index (κ3) is 19.2. The molecule has 2 aliphatic heterocycles. The zero-order valence-corrected chi connectivity index (χ0v) is 43.7. The molecule has 2 saturated heterocycles. The van der Waals surface area contributed by atoms with Crippen molar-refractivity contribution in [1.82, 2.24) is 20.3 Å². The van der Waals surface area contributed by atoms with Crippen molar-refractivity contribution in [3.05, 3.63) is 142 Å². The second-order valence-electron chi connectivity index (χ2n) is 20.7. The van der Waals surface area contributed by atoms with Gasteiger partial charge in [-0.1, -0.05) is 90.1 Å². The summed E-state index contributed by atoms with van der Waals surface area (Å²) < 4.78 is 98.7. The number of halogens is 5. The number of aliphatic hydroxyl groups excluding tert-OH is 2. The molecule has 17 heteroatoms. The van der Waals surface area contributed by atoms with Crippen molar-refractivity contribution in [1.29, 1.82) is 0 Å². The summed E-state index contributed by atoms with van der Waals surface area (Å²) in [6, 6.07) is 23.8. The normalized spacial score (nSPS) is 20.2. The molecule has 2 aliphatic rings. The number of aryl methyl sites for hydroxylation is 2. The van der Waals surface area contributed by atoms with Crippen molar-refractivity contribution in [3.63, 3.8) is 0 Å². The molecule has 0 spiro atoms. The maximum atomic E-state index is 13.5. The van der Waals surface area contributed by atoms with Crippen LogP contribution in [0, 0.1) is 23.3 Å². The van der Waals surface area contributed by atoms with E-state index in [0.29, 0.717) is 56.3 Å². The average molecular weight is 1030 g/mol. The average Bonchev–Trinajstić information content (AvgIpc) is 3.25. The predicted molar refractivity (Wildman–Crippen MR) is 269 cm³/mol. The minimum atomic E-state index is -3.38. The standard InChI is InChI=1S/C26H36F2N2O3S.C25H34F2N2O.CH3ClO2S/c1-25(2,3)20-7-5-8-21(15-20)26(11-6-12-30(18-26)34(4,32)33)29-17-24(31)10-9-19-13-22(27)16-23(28)14-19;1-24(2,3)19-6-4-7-20(14-19)25(10-5-11-28-17-25)29-16-23(30)9-8-18-12-21(26)15-22(27)13-18;1-5(2,3)4/h5,7-8,13-16,24,29,31H,6,9-12,17-18H2,1-4H3;4,6-7,12-15,23,28-30H,5,8-11,16-17H2,1-3H3;1H3. The number of nitrogens with one attached hydrogen (secondary N) is 3. The monoisotopic (exact) mass is 1020 g/mol. The summed E-state index contributed by atoms with van der Waals surface area (Å²) in [5.74, 6) is -2.43. The molecule has 0 bridgehead atoms. The van der Waals surface area contributed by atoms with Crippen LogP contribution in [-0.2, 0) is 53.8 Å². The first-order valence-electron chi connectivity index (χ1n) is 23.5. The Balaban J connectivity index is 0.000000275. The number of sulfonamides is 1. The van der Waals surface area contributed by atoms with Crippen LogP contribution in [0.3, 0.4) is 0 Å². The number of hydrogen-bond acceptors (Lipinski definition) is 9. The fourth-order valence-electron chi connectivity index (χ4n) is 8.76. The molecule has 69 heavy (non-hydrogen) atoms. The van der Waals surface area contributed by atoms with Crippen LogP contribution in [0.15, 0.2) is 84.9 Å². The van der Waals surface area contributed by atoms with E-state index in [2.05, 4.69) is 105 Å². The fourth-order valence-corrected chi connectivity index (χ4v) is 9.68. The first-order valence-corrected chi connectivity index (χ1v) is 28.1. The topological polar surface area (TPSA) is 148 Å². The van der Waals surface area contributed by atoms with Gasteiger partial charge >= 0.3 is 0 Å². The van der Waals surface area contributed by atoms with Gasteiger partial charge in [0.25, 0.3) is 0 Å². The molecule has 4 atom stereocenters. The molecule has 2 fully saturated rings. The van der Waals surface area contributed by atoms with E-state index in [1.165, 1.54) is 46.0 Å². The number of nitrogens with zero attached hydrogens (tertiary/aromatic N) is 1. The molecule has 384 valence electrons. The van der Waals surface area contributed by atoms with Crippen LogP contribution in [0.1, 0.15) is 113 Å². The SMILES string of the molecule is CC(C)(C)c1cccc(C2(NCC(O)CCc3cc(F)cc(F)c3)CCCN(S(C)(=O)=O)C2)c1.CC(C)(C)c1cccc(C2(NCC(O)CCc3cc(F)cc(F)c3)CCCNC2)c1.CS(=O)(=O)Cl. The maximum absolute atomic E-state index is 13.5. The third-order valence-corrected chi connectivity index (χ3v) is 13.9. The highest BCUT2D eigenvalue weighted by atomic mass is 35.7. The number of aliphatic hydroxyl groups is 2. The minimum Gasteiger partial charge on any atom is -0.392 e. The van der Waals surface area contributed by atoms with Crippen molar-refractivity contribution in [2.45, 2.75) is 127 Å². The molecule has 4 unspecified atom stereocenters. The van der Waals surface area contributed by atoms with Crippen molar-refractivity contribution in [3.8, 4) is 0 Å². The van der Waals surface area contributed by atoms with Crippen LogP contribution in [-0.4, -0.2) is 95.3 Å². The van der Waals surface area contributed by atoms with E-state index in [-0.39, 0.29) is 29.5 Å². The van der Waals surface area contributed by atoms with Gasteiger partial charge in [-0.15, -0.1) is 0 Å². The van der Waals surface area contributed by atoms with E-state index in [1.807, 2.05) is 12.1 Å². The molecule has 0 saturated carbocycles. The number of piperidine rings is 2. The van der Waals surface area contributed by atoms with E-state index >= 15 is 0 Å². The van der Waals surface area contributed by atoms with Crippen LogP contribution in [0.4, 0.5) is 17.6 Å². The van der Waals surface area contributed by atoms with E-state index in [1.54, 1.807) is 0 Å². The van der Waals surface area contributed by atoms with Gasteiger partial charge in [-0.05, 0) is 126 Å². The second kappa shape index (κ2) is 24.8. The molecular formula is C52H73ClF4N4O6S2. The number of hydrogen-bond donors (Lipinski definition) is 5. The summed E-state index contributed by atoms with van der Waals surface area (Å²) in [4.78, 5) is 0. The first kappa shape index (κ1) is 58.1. The van der Waals surface area contributed by atoms with Crippen LogP contribution < -0.4 is 16.0 Å². The lowest BCUT2D eigenvalue weighted by Gasteiger charge is -2.44. The Morgan fingerprint density at radius 3 is 1.46 bits per heavy atom. The van der Waals surface area contributed by atoms with Gasteiger partial charge in [0.15, 0.2) is 0 Å². The molecule has 5 N–H and O–H groups in total. The molecule has 0 aliphatic carbocycles. The zero-order valence-electron chi connectivity index (χ0n) is 41.3. The summed E-state index contributed by atoms with van der Waals surface area (Å²) in [6.07, 6.45) is 5.81. The van der Waals surface area contributed by atoms with E-state index in [0.717, 1.165) is 61.9 Å². The maximum Gasteiger partial charge on any atom is 0.229 e. The lowest BCUT2D eigenvalue weighted by atomic mass is 9.79. The number of benzene rings is 4. The second-order valence-corrected chi connectivity index (χ2v) is 25.7. The molecule has 0 aromatic heterocycles. The summed E-state index contributed by atoms with van der Waals surface area (Å²) in [6.45, 7) is 16.3. The Bertz CT molecular complexity index is 2470. The molecule has 0 radical (unpaired) electrons. The van der Waals surface area contributed by atoms with Gasteiger partial charge < -0.3 is 26.2 Å². The first-order chi connectivity index (χ1) is 32.0. The van der Waals surface area contributed by atoms with E-state index in [9.17, 15) is 44.6 Å². The largest absolute Gasteiger partial charge is 0.392 e. The van der Waals surface area contributed by atoms with Crippen LogP contribution >= 0.6 is 10.7 Å². The van der Waals surface area contributed by atoms with E-state index in [4.69, 9.17) is 0 Å². The Morgan fingerprint density at radius 1 is 0.667 bits per heavy atom. The minimum absolute atomic E-state index is 0.0673. The smallest absolute Gasteiger partial charge is 0.229 e. The molecule has 6 rings (SSSR count). The summed E-state index contributed by atoms with van der Waals surface area (Å²) in [7, 11) is -2.07. The van der Waals surface area contributed by atoms with Crippen LogP contribution in [0.5, 0.6) is 0 Å². The molecule has 10 nitrogen and oxygen atoms in total. The summed E-state index contributed by atoms with van der Waals surface area (Å²) in [5, 5.41) is 31.8. The molecular weight excluding hydrogens is 952 g/mol. The van der Waals surface area contributed by atoms with Crippen LogP contribution in [0.25, 0.3) is 0 Å². The number of rotatable bonds is 15. The highest BCUT2D eigenvalue weighted by molar-refractivity contribution is 8.13. The van der Waals surface area contributed by atoms with Gasteiger partial charge in [-0.3, -0.25) is 0 Å². The van der Waals surface area contributed by atoms with E-state index < -0.39 is 60.1 Å². The van der Waals surface area contributed by atoms with Gasteiger partial charge in [-0.25, -0.2) is 34.4 Å². The molecule has 4 aromatic carbocycles. The fraction of sp³-hybridized carbons (Fsp3) is 0.538. The Hall–Kier alpha value is -3.45. The van der Waals surface area contributed by atoms with Gasteiger partial charge in [-0.2, -0.15) is 4.31 Å². The Morgan fingerprint density at radius 2 is 1.07 bits per heavy atom. The lowest BCUT2D eigenvalue weighted by Crippen LogP contribution is -2.57. The van der Waals surface area contributed by atoms with Gasteiger partial charge in [0.2, 0.25) is 19.1 Å². The predicted octanol–water partition coefficient (Wildman–Crippen LogP) is 8.71. The quantitative estimate of drug-likeness (QED) is 0.0583. The van der Waals surface area contributed by atoms with Crippen molar-refractivity contribution < 1.29 is 44.6 Å². The summed E-state index contributed by atoms with van der Waals surface area (Å²) in [5.41, 5.74) is 4.86. The highest BCUT2D eigenvalue weighted by Gasteiger charge is 2.40. The van der Waals surface area contributed by atoms with Crippen LogP contribution in [0.2, 0.25) is 0 Å². The molecule has 4 aromatic rings. The van der Waals surface area contributed by atoms with Crippen molar-refractivity contribution in [2.24, 2.45) is 0 Å². The third-order valence-electron chi connectivity index (χ3n) is 12.6. The Labute approximate surface area is 413 Å². The van der Waals surface area contributed by atoms with Gasteiger partial charge in [0, 0.05) is 55.5 Å². The lowest BCUT2D eigenvalue weighted by molar-refractivity contribution is 0.122. The highest BCUT2D eigenvalue weighted by Crippen LogP contribution is 2.36. The summed E-state index contributed by atoms with van der Waals surface area (Å²) >= 11 is 0. The zero-order chi connectivity index (χ0) is 51.4.